The van der Waals surface area contributed by atoms with Crippen LogP contribution in [0.3, 0.4) is 0 Å². The maximum absolute atomic E-state index is 12.7. The molecular formula is C60H62N8O2. The first kappa shape index (κ1) is 48.3. The van der Waals surface area contributed by atoms with Crippen molar-refractivity contribution < 1.29 is 9.59 Å². The van der Waals surface area contributed by atoms with Gasteiger partial charge in [-0.3, -0.25) is 9.80 Å². The van der Waals surface area contributed by atoms with Crippen LogP contribution in [0.25, 0.3) is 0 Å². The van der Waals surface area contributed by atoms with E-state index < -0.39 is 0 Å². The zero-order valence-corrected chi connectivity index (χ0v) is 40.3. The topological polar surface area (TPSA) is 95.2 Å². The number of urea groups is 2. The Morgan fingerprint density at radius 3 is 0.900 bits per heavy atom. The summed E-state index contributed by atoms with van der Waals surface area (Å²) in [5.74, 6) is 0. The number of hydrogen-bond acceptors (Lipinski definition) is 6. The number of carbonyl (C=O) groups excluding carboxylic acids is 2. The Morgan fingerprint density at radius 1 is 0.300 bits per heavy atom. The fourth-order valence-electron chi connectivity index (χ4n) is 8.36. The van der Waals surface area contributed by atoms with Gasteiger partial charge in [0.1, 0.15) is 0 Å². The number of benzene rings is 8. The summed E-state index contributed by atoms with van der Waals surface area (Å²) in [5.41, 5.74) is 13.8. The Kier molecular flexibility index (Phi) is 16.7. The van der Waals surface area contributed by atoms with Gasteiger partial charge in [-0.05, 0) is 112 Å². The molecule has 8 aromatic carbocycles. The first-order chi connectivity index (χ1) is 34.1. The summed E-state index contributed by atoms with van der Waals surface area (Å²) in [4.78, 5) is 34.7. The minimum Gasteiger partial charge on any atom is -0.378 e. The number of para-hydroxylation sites is 2. The molecule has 0 saturated carbocycles. The highest BCUT2D eigenvalue weighted by Gasteiger charge is 2.14. The fraction of sp³-hybridized carbons (Fsp3) is 0.167. The minimum absolute atomic E-state index is 0.293. The second-order valence-corrected chi connectivity index (χ2v) is 18.0. The number of amides is 4. The predicted octanol–water partition coefficient (Wildman–Crippen LogP) is 13.1. The smallest absolute Gasteiger partial charge is 0.323 e. The first-order valence-corrected chi connectivity index (χ1v) is 23.7. The number of nitrogens with zero attached hydrogens (tertiary/aromatic N) is 4. The van der Waals surface area contributed by atoms with Gasteiger partial charge in [0, 0.05) is 101 Å². The van der Waals surface area contributed by atoms with E-state index in [1.165, 1.54) is 39.2 Å². The summed E-state index contributed by atoms with van der Waals surface area (Å²) in [7, 11) is 6.30. The van der Waals surface area contributed by atoms with E-state index in [9.17, 15) is 9.59 Å². The second-order valence-electron chi connectivity index (χ2n) is 18.0. The lowest BCUT2D eigenvalue weighted by Gasteiger charge is -2.25. The van der Waals surface area contributed by atoms with Crippen molar-refractivity contribution >= 4 is 46.2 Å². The Balaban J connectivity index is 0.896. The summed E-state index contributed by atoms with van der Waals surface area (Å²) >= 11 is 0. The van der Waals surface area contributed by atoms with E-state index in [-0.39, 0.29) is 12.1 Å². The summed E-state index contributed by atoms with van der Waals surface area (Å²) in [6.07, 6.45) is 0. The Morgan fingerprint density at radius 2 is 0.557 bits per heavy atom. The van der Waals surface area contributed by atoms with Gasteiger partial charge in [0.15, 0.2) is 0 Å². The summed E-state index contributed by atoms with van der Waals surface area (Å²) < 4.78 is 0. The lowest BCUT2D eigenvalue weighted by Crippen LogP contribution is -2.23. The maximum Gasteiger partial charge on any atom is 0.323 e. The average Bonchev–Trinajstić information content (AvgIpc) is 3.37. The van der Waals surface area contributed by atoms with Crippen LogP contribution in [-0.4, -0.2) is 43.0 Å². The molecule has 0 bridgehead atoms. The zero-order valence-electron chi connectivity index (χ0n) is 40.3. The molecule has 0 heterocycles. The highest BCUT2D eigenvalue weighted by atomic mass is 16.2. The van der Waals surface area contributed by atoms with E-state index >= 15 is 0 Å². The van der Waals surface area contributed by atoms with Crippen molar-refractivity contribution in [3.63, 3.8) is 0 Å². The van der Waals surface area contributed by atoms with Gasteiger partial charge in [0.2, 0.25) is 0 Å². The summed E-state index contributed by atoms with van der Waals surface area (Å²) in [5, 5.41) is 11.6. The number of rotatable bonds is 20. The molecule has 70 heavy (non-hydrogen) atoms. The van der Waals surface area contributed by atoms with Crippen LogP contribution in [0.5, 0.6) is 0 Å². The number of carbonyl (C=O) groups is 2. The molecule has 10 nitrogen and oxygen atoms in total. The molecule has 0 aliphatic rings. The lowest BCUT2D eigenvalue weighted by atomic mass is 10.1. The van der Waals surface area contributed by atoms with Gasteiger partial charge in [-0.2, -0.15) is 0 Å². The van der Waals surface area contributed by atoms with Crippen molar-refractivity contribution in [2.75, 3.05) is 52.2 Å². The number of anilines is 6. The highest BCUT2D eigenvalue weighted by Crippen LogP contribution is 2.23. The van der Waals surface area contributed by atoms with E-state index in [1.54, 1.807) is 0 Å². The molecule has 8 aromatic rings. The molecule has 0 radical (unpaired) electrons. The van der Waals surface area contributed by atoms with Crippen LogP contribution >= 0.6 is 0 Å². The Labute approximate surface area is 413 Å². The minimum atomic E-state index is -0.293. The van der Waals surface area contributed by atoms with Crippen LogP contribution < -0.4 is 31.1 Å². The van der Waals surface area contributed by atoms with Gasteiger partial charge >= 0.3 is 12.1 Å². The van der Waals surface area contributed by atoms with Gasteiger partial charge in [-0.15, -0.1) is 0 Å². The van der Waals surface area contributed by atoms with Crippen LogP contribution in [-0.2, 0) is 45.8 Å². The van der Waals surface area contributed by atoms with Crippen molar-refractivity contribution in [1.82, 2.24) is 9.80 Å². The van der Waals surface area contributed by atoms with E-state index in [0.29, 0.717) is 24.5 Å². The SMILES string of the molecule is CN(C)c1ccc(CN(Cc2ccccc2)Cc2ccc(N(C)Cc3ccc(CN(Cc4ccc(NC(=O)Nc5ccccc5)cc4)Cc4ccc(NC(=O)Nc5ccccc5)cc4)cc3)cc2)cc1. The third-order valence-corrected chi connectivity index (χ3v) is 12.0. The van der Waals surface area contributed by atoms with Crippen LogP contribution in [0.1, 0.15) is 38.9 Å². The molecular weight excluding hydrogens is 865 g/mol. The molecule has 0 aliphatic heterocycles. The average molecular weight is 927 g/mol. The number of hydrogen-bond donors (Lipinski definition) is 4. The molecule has 10 heteroatoms. The third-order valence-electron chi connectivity index (χ3n) is 12.0. The van der Waals surface area contributed by atoms with Gasteiger partial charge < -0.3 is 31.1 Å². The fourth-order valence-corrected chi connectivity index (χ4v) is 8.36. The molecule has 0 saturated heterocycles. The van der Waals surface area contributed by atoms with E-state index in [0.717, 1.165) is 55.2 Å². The highest BCUT2D eigenvalue weighted by molar-refractivity contribution is 6.00. The molecule has 354 valence electrons. The van der Waals surface area contributed by atoms with Gasteiger partial charge in [-0.1, -0.05) is 140 Å². The van der Waals surface area contributed by atoms with Crippen molar-refractivity contribution in [2.45, 2.75) is 45.8 Å². The molecule has 0 unspecified atom stereocenters. The van der Waals surface area contributed by atoms with Gasteiger partial charge in [0.05, 0.1) is 0 Å². The molecule has 4 N–H and O–H groups in total. The number of nitrogens with one attached hydrogen (secondary N) is 4. The van der Waals surface area contributed by atoms with Crippen molar-refractivity contribution in [1.29, 1.82) is 0 Å². The van der Waals surface area contributed by atoms with E-state index in [2.05, 4.69) is 189 Å². The molecule has 8 rings (SSSR count). The second kappa shape index (κ2) is 24.2. The monoisotopic (exact) mass is 926 g/mol. The predicted molar refractivity (Wildman–Crippen MR) is 289 cm³/mol. The lowest BCUT2D eigenvalue weighted by molar-refractivity contribution is 0.247. The Hall–Kier alpha value is -8.18. The van der Waals surface area contributed by atoms with Crippen molar-refractivity contribution in [3.05, 3.63) is 251 Å². The molecule has 0 aromatic heterocycles. The molecule has 0 fully saturated rings. The van der Waals surface area contributed by atoms with Crippen LogP contribution in [0, 0.1) is 0 Å². The quantitative estimate of drug-likeness (QED) is 0.0608. The maximum atomic E-state index is 12.7. The zero-order chi connectivity index (χ0) is 48.5. The normalized spacial score (nSPS) is 11.0. The Bertz CT molecular complexity index is 2740. The molecule has 0 aliphatic carbocycles. The molecule has 0 spiro atoms. The standard InChI is InChI=1S/C60H62N8O2/c1-65(2)57-35-27-51(28-36-57)44-67(40-46-13-7-4-8-14-46)45-52-29-37-58(38-30-52)66(3)39-47-19-21-48(22-20-47)41-68(42-49-23-31-55(32-24-49)63-59(69)61-53-15-9-5-10-16-53)43-50-25-33-56(34-26-50)64-60(70)62-54-17-11-6-12-18-54/h4-38H,39-45H2,1-3H3,(H2,61,63,69)(H2,62,64,70). The summed E-state index contributed by atoms with van der Waals surface area (Å²) in [6, 6.07) is 71.6. The largest absolute Gasteiger partial charge is 0.378 e. The van der Waals surface area contributed by atoms with Gasteiger partial charge in [0.25, 0.3) is 0 Å². The van der Waals surface area contributed by atoms with Gasteiger partial charge in [-0.25, -0.2) is 9.59 Å². The van der Waals surface area contributed by atoms with Crippen molar-refractivity contribution in [3.8, 4) is 0 Å². The van der Waals surface area contributed by atoms with Crippen molar-refractivity contribution in [2.24, 2.45) is 0 Å². The molecule has 0 atom stereocenters. The van der Waals surface area contributed by atoms with E-state index in [1.807, 2.05) is 84.9 Å². The van der Waals surface area contributed by atoms with Crippen LogP contribution in [0.4, 0.5) is 43.7 Å². The molecule has 4 amide bonds. The van der Waals surface area contributed by atoms with E-state index in [4.69, 9.17) is 0 Å². The van der Waals surface area contributed by atoms with Crippen LogP contribution in [0.15, 0.2) is 212 Å². The summed E-state index contributed by atoms with van der Waals surface area (Å²) in [6.45, 7) is 5.45. The first-order valence-electron chi connectivity index (χ1n) is 23.7. The third kappa shape index (κ3) is 14.9. The van der Waals surface area contributed by atoms with Crippen LogP contribution in [0.2, 0.25) is 0 Å².